The van der Waals surface area contributed by atoms with Crippen molar-refractivity contribution in [2.24, 2.45) is 0 Å². The third-order valence-electron chi connectivity index (χ3n) is 4.40. The molecule has 0 aliphatic heterocycles. The number of carbonyl (C=O) groups is 1. The molecule has 4 aromatic rings. The van der Waals surface area contributed by atoms with E-state index in [-0.39, 0.29) is 22.6 Å². The molecule has 170 valence electrons. The van der Waals surface area contributed by atoms with Crippen LogP contribution in [0.25, 0.3) is 17.1 Å². The lowest BCUT2D eigenvalue weighted by Gasteiger charge is -2.11. The van der Waals surface area contributed by atoms with Gasteiger partial charge in [0.1, 0.15) is 11.4 Å². The van der Waals surface area contributed by atoms with E-state index in [0.29, 0.717) is 22.9 Å². The fourth-order valence-electron chi connectivity index (χ4n) is 2.85. The van der Waals surface area contributed by atoms with Gasteiger partial charge in [-0.05, 0) is 54.6 Å². The third-order valence-corrected chi connectivity index (χ3v) is 5.22. The maximum absolute atomic E-state index is 13.0. The van der Waals surface area contributed by atoms with Crippen molar-refractivity contribution < 1.29 is 27.1 Å². The number of nitrogens with one attached hydrogen (secondary N) is 1. The molecule has 0 bridgehead atoms. The van der Waals surface area contributed by atoms with Crippen molar-refractivity contribution in [1.29, 1.82) is 0 Å². The first-order valence-electron chi connectivity index (χ1n) is 9.46. The Hall–Kier alpha value is -3.80. The molecule has 8 nitrogen and oxygen atoms in total. The van der Waals surface area contributed by atoms with Crippen LogP contribution in [0.2, 0.25) is 0 Å². The number of halogens is 3. The number of benzene rings is 2. The highest BCUT2D eigenvalue weighted by Gasteiger charge is 2.35. The number of aromatic nitrogens is 4. The molecule has 2 aromatic heterocycles. The molecular weight excluding hydrogens is 459 g/mol. The van der Waals surface area contributed by atoms with Gasteiger partial charge in [-0.3, -0.25) is 4.79 Å². The van der Waals surface area contributed by atoms with Crippen molar-refractivity contribution in [2.75, 3.05) is 18.2 Å². The van der Waals surface area contributed by atoms with Gasteiger partial charge in [0.05, 0.1) is 24.7 Å². The van der Waals surface area contributed by atoms with Gasteiger partial charge in [0.2, 0.25) is 11.8 Å². The number of methoxy groups -OCH3 is 1. The van der Waals surface area contributed by atoms with E-state index in [1.165, 1.54) is 24.3 Å². The standard InChI is InChI=1S/C21H16F3N5O3S/c1-31-16-8-2-13(3-9-16)19-27-28-20(32-19)33-12-18(30)26-14-4-6-15(7-5-14)29-17(10-11-25-29)21(22,23)24/h2-11H,12H2,1H3,(H,26,30). The van der Waals surface area contributed by atoms with E-state index in [0.717, 1.165) is 28.7 Å². The van der Waals surface area contributed by atoms with E-state index in [4.69, 9.17) is 9.15 Å². The number of amides is 1. The van der Waals surface area contributed by atoms with Crippen molar-refractivity contribution >= 4 is 23.4 Å². The molecule has 2 heterocycles. The summed E-state index contributed by atoms with van der Waals surface area (Å²) < 4.78 is 50.5. The van der Waals surface area contributed by atoms with Gasteiger partial charge in [-0.1, -0.05) is 11.8 Å². The smallest absolute Gasteiger partial charge is 0.433 e. The minimum absolute atomic E-state index is 0.00335. The van der Waals surface area contributed by atoms with E-state index in [2.05, 4.69) is 20.6 Å². The molecule has 0 fully saturated rings. The summed E-state index contributed by atoms with van der Waals surface area (Å²) in [6.45, 7) is 0. The highest BCUT2D eigenvalue weighted by Crippen LogP contribution is 2.31. The fourth-order valence-corrected chi connectivity index (χ4v) is 3.42. The molecule has 1 N–H and O–H groups in total. The lowest BCUT2D eigenvalue weighted by molar-refractivity contribution is -0.142. The minimum Gasteiger partial charge on any atom is -0.497 e. The highest BCUT2D eigenvalue weighted by atomic mass is 32.2. The van der Waals surface area contributed by atoms with Gasteiger partial charge < -0.3 is 14.5 Å². The van der Waals surface area contributed by atoms with E-state index < -0.39 is 11.9 Å². The van der Waals surface area contributed by atoms with Crippen LogP contribution < -0.4 is 10.1 Å². The lowest BCUT2D eigenvalue weighted by atomic mass is 10.2. The van der Waals surface area contributed by atoms with Crippen LogP contribution in [0.5, 0.6) is 5.75 Å². The number of anilines is 1. The second-order valence-corrected chi connectivity index (χ2v) is 7.54. The normalized spacial score (nSPS) is 11.4. The van der Waals surface area contributed by atoms with E-state index in [1.54, 1.807) is 31.4 Å². The predicted molar refractivity (Wildman–Crippen MR) is 114 cm³/mol. The van der Waals surface area contributed by atoms with Crippen molar-refractivity contribution in [3.63, 3.8) is 0 Å². The minimum atomic E-state index is -4.53. The first kappa shape index (κ1) is 22.4. The number of ether oxygens (including phenoxy) is 1. The molecule has 0 saturated heterocycles. The molecule has 0 aliphatic rings. The molecule has 2 aromatic carbocycles. The Labute approximate surface area is 189 Å². The second-order valence-electron chi connectivity index (χ2n) is 6.61. The van der Waals surface area contributed by atoms with Crippen LogP contribution in [0, 0.1) is 0 Å². The van der Waals surface area contributed by atoms with Crippen LogP contribution in [0.15, 0.2) is 70.4 Å². The van der Waals surface area contributed by atoms with Crippen LogP contribution in [0.4, 0.5) is 18.9 Å². The first-order chi connectivity index (χ1) is 15.8. The van der Waals surface area contributed by atoms with E-state index in [1.807, 2.05) is 0 Å². The molecule has 0 spiro atoms. The van der Waals surface area contributed by atoms with E-state index >= 15 is 0 Å². The second kappa shape index (κ2) is 9.36. The van der Waals surface area contributed by atoms with Crippen LogP contribution in [-0.4, -0.2) is 38.7 Å². The fraction of sp³-hybridized carbons (Fsp3) is 0.143. The Morgan fingerprint density at radius 2 is 1.82 bits per heavy atom. The number of alkyl halides is 3. The molecule has 33 heavy (non-hydrogen) atoms. The molecule has 1 amide bonds. The van der Waals surface area contributed by atoms with Gasteiger partial charge in [0.15, 0.2) is 0 Å². The number of thioether (sulfide) groups is 1. The van der Waals surface area contributed by atoms with Crippen molar-refractivity contribution in [1.82, 2.24) is 20.0 Å². The number of rotatable bonds is 7. The van der Waals surface area contributed by atoms with Gasteiger partial charge in [-0.2, -0.15) is 18.3 Å². The summed E-state index contributed by atoms with van der Waals surface area (Å²) in [6, 6.07) is 13.8. The summed E-state index contributed by atoms with van der Waals surface area (Å²) in [5, 5.41) is 14.5. The van der Waals surface area contributed by atoms with Gasteiger partial charge in [-0.25, -0.2) is 4.68 Å². The zero-order chi connectivity index (χ0) is 23.4. The molecule has 4 rings (SSSR count). The molecule has 0 saturated carbocycles. The Morgan fingerprint density at radius 3 is 2.48 bits per heavy atom. The van der Waals surface area contributed by atoms with Crippen LogP contribution in [0.3, 0.4) is 0 Å². The number of carbonyl (C=O) groups excluding carboxylic acids is 1. The Bertz CT molecular complexity index is 1240. The molecular formula is C21H16F3N5O3S. The molecule has 0 atom stereocenters. The summed E-state index contributed by atoms with van der Waals surface area (Å²) in [5.41, 5.74) is 0.473. The zero-order valence-electron chi connectivity index (χ0n) is 17.0. The van der Waals surface area contributed by atoms with Crippen LogP contribution in [-0.2, 0) is 11.0 Å². The third kappa shape index (κ3) is 5.34. The van der Waals surface area contributed by atoms with Crippen molar-refractivity contribution in [3.8, 4) is 22.9 Å². The monoisotopic (exact) mass is 475 g/mol. The zero-order valence-corrected chi connectivity index (χ0v) is 17.9. The Balaban J connectivity index is 1.33. The summed E-state index contributed by atoms with van der Waals surface area (Å²) in [4.78, 5) is 12.2. The average molecular weight is 475 g/mol. The summed E-state index contributed by atoms with van der Waals surface area (Å²) >= 11 is 1.06. The van der Waals surface area contributed by atoms with Gasteiger partial charge in [0.25, 0.3) is 5.22 Å². The Kier molecular flexibility index (Phi) is 6.36. The molecule has 0 aliphatic carbocycles. The van der Waals surface area contributed by atoms with Crippen LogP contribution in [0.1, 0.15) is 5.69 Å². The van der Waals surface area contributed by atoms with E-state index in [9.17, 15) is 18.0 Å². The summed E-state index contributed by atoms with van der Waals surface area (Å²) in [5.74, 6) is 0.673. The number of hydrogen-bond acceptors (Lipinski definition) is 7. The lowest BCUT2D eigenvalue weighted by Crippen LogP contribution is -2.15. The van der Waals surface area contributed by atoms with Crippen LogP contribution >= 0.6 is 11.8 Å². The first-order valence-corrected chi connectivity index (χ1v) is 10.4. The average Bonchev–Trinajstić information content (AvgIpc) is 3.48. The SMILES string of the molecule is COc1ccc(-c2nnc(SCC(=O)Nc3ccc(-n4nccc4C(F)(F)F)cc3)o2)cc1. The quantitative estimate of drug-likeness (QED) is 0.388. The van der Waals surface area contributed by atoms with Gasteiger partial charge in [-0.15, -0.1) is 10.2 Å². The summed E-state index contributed by atoms with van der Waals surface area (Å²) in [7, 11) is 1.57. The number of nitrogens with zero attached hydrogens (tertiary/aromatic N) is 4. The Morgan fingerprint density at radius 1 is 1.09 bits per heavy atom. The summed E-state index contributed by atoms with van der Waals surface area (Å²) in [6.07, 6.45) is -3.45. The van der Waals surface area contributed by atoms with Crippen molar-refractivity contribution in [3.05, 3.63) is 66.5 Å². The van der Waals surface area contributed by atoms with Gasteiger partial charge in [0, 0.05) is 11.3 Å². The maximum Gasteiger partial charge on any atom is 0.433 e. The molecule has 0 radical (unpaired) electrons. The van der Waals surface area contributed by atoms with Gasteiger partial charge >= 0.3 is 6.18 Å². The van der Waals surface area contributed by atoms with Crippen molar-refractivity contribution in [2.45, 2.75) is 11.4 Å². The topological polar surface area (TPSA) is 95.1 Å². The molecule has 0 unspecified atom stereocenters. The predicted octanol–water partition coefficient (Wildman–Crippen LogP) is 4.68. The highest BCUT2D eigenvalue weighted by molar-refractivity contribution is 7.99. The number of hydrogen-bond donors (Lipinski definition) is 1. The largest absolute Gasteiger partial charge is 0.497 e. The molecule has 12 heteroatoms. The maximum atomic E-state index is 13.0.